The molecule has 17 heavy (non-hydrogen) atoms. The van der Waals surface area contributed by atoms with Crippen LogP contribution in [0.5, 0.6) is 0 Å². The number of hydrogen-bond donors (Lipinski definition) is 0. The molecular formula is C13H14ClNO2. The maximum absolute atomic E-state index is 11.6. The molecule has 0 saturated carbocycles. The summed E-state index contributed by atoms with van der Waals surface area (Å²) in [4.78, 5) is 15.9. The monoisotopic (exact) mass is 251 g/mol. The van der Waals surface area contributed by atoms with Gasteiger partial charge < -0.3 is 4.74 Å². The highest BCUT2D eigenvalue weighted by Gasteiger charge is 2.20. The van der Waals surface area contributed by atoms with Crippen LogP contribution in [0, 0.1) is 0 Å². The van der Waals surface area contributed by atoms with E-state index in [1.165, 1.54) is 6.40 Å². The minimum absolute atomic E-state index is 0.0971. The second-order valence-electron chi connectivity index (χ2n) is 4.08. The van der Waals surface area contributed by atoms with E-state index >= 15 is 0 Å². The van der Waals surface area contributed by atoms with Gasteiger partial charge in [0.05, 0.1) is 6.04 Å². The summed E-state index contributed by atoms with van der Waals surface area (Å²) in [7, 11) is 0. The average molecular weight is 252 g/mol. The third kappa shape index (κ3) is 2.86. The zero-order chi connectivity index (χ0) is 12.3. The molecule has 0 fully saturated rings. The lowest BCUT2D eigenvalue weighted by Gasteiger charge is -2.18. The fourth-order valence-corrected chi connectivity index (χ4v) is 2.08. The smallest absolute Gasteiger partial charge is 0.173 e. The number of ether oxygens (including phenoxy) is 1. The Morgan fingerprint density at radius 3 is 2.94 bits per heavy atom. The number of nitrogens with zero attached hydrogens (tertiary/aromatic N) is 1. The highest BCUT2D eigenvalue weighted by molar-refractivity contribution is 6.31. The van der Waals surface area contributed by atoms with E-state index < -0.39 is 6.10 Å². The maximum Gasteiger partial charge on any atom is 0.173 e. The first-order valence-corrected chi connectivity index (χ1v) is 6.00. The molecule has 0 saturated heterocycles. The van der Waals surface area contributed by atoms with Crippen molar-refractivity contribution in [2.24, 2.45) is 4.99 Å². The Labute approximate surface area is 105 Å². The molecule has 2 unspecified atom stereocenters. The number of rotatable bonds is 1. The van der Waals surface area contributed by atoms with Crippen molar-refractivity contribution in [2.45, 2.75) is 31.9 Å². The SMILES string of the molecule is CC1O/C=N\C(c2ccccc2Cl)CCC1=O. The van der Waals surface area contributed by atoms with E-state index in [0.717, 1.165) is 5.56 Å². The second kappa shape index (κ2) is 5.32. The number of ketones is 1. The van der Waals surface area contributed by atoms with Crippen LogP contribution in [-0.2, 0) is 9.53 Å². The molecule has 2 rings (SSSR count). The highest BCUT2D eigenvalue weighted by atomic mass is 35.5. The van der Waals surface area contributed by atoms with Crippen LogP contribution < -0.4 is 0 Å². The van der Waals surface area contributed by atoms with Crippen molar-refractivity contribution in [1.29, 1.82) is 0 Å². The summed E-state index contributed by atoms with van der Waals surface area (Å²) >= 11 is 6.12. The fraction of sp³-hybridized carbons (Fsp3) is 0.385. The van der Waals surface area contributed by atoms with Crippen LogP contribution in [-0.4, -0.2) is 18.3 Å². The number of aliphatic imine (C=N–C) groups is 1. The van der Waals surface area contributed by atoms with Crippen LogP contribution in [0.4, 0.5) is 0 Å². The normalized spacial score (nSPS) is 26.8. The molecule has 1 aliphatic rings. The maximum atomic E-state index is 11.6. The third-order valence-corrected chi connectivity index (χ3v) is 3.23. The second-order valence-corrected chi connectivity index (χ2v) is 4.48. The van der Waals surface area contributed by atoms with E-state index in [1.54, 1.807) is 6.92 Å². The van der Waals surface area contributed by atoms with Crippen molar-refractivity contribution in [2.75, 3.05) is 0 Å². The largest absolute Gasteiger partial charge is 0.473 e. The first-order valence-electron chi connectivity index (χ1n) is 5.62. The van der Waals surface area contributed by atoms with Crippen LogP contribution in [0.3, 0.4) is 0 Å². The van der Waals surface area contributed by atoms with Crippen LogP contribution >= 0.6 is 11.6 Å². The molecule has 4 heteroatoms. The summed E-state index contributed by atoms with van der Waals surface area (Å²) < 4.78 is 5.20. The van der Waals surface area contributed by atoms with Gasteiger partial charge >= 0.3 is 0 Å². The Hall–Kier alpha value is -1.35. The van der Waals surface area contributed by atoms with Gasteiger partial charge in [-0.15, -0.1) is 0 Å². The lowest BCUT2D eigenvalue weighted by atomic mass is 9.99. The molecule has 0 spiro atoms. The molecule has 90 valence electrons. The summed E-state index contributed by atoms with van der Waals surface area (Å²) in [6.45, 7) is 1.74. The summed E-state index contributed by atoms with van der Waals surface area (Å²) in [6.07, 6.45) is 2.11. The predicted molar refractivity (Wildman–Crippen MR) is 67.5 cm³/mol. The van der Waals surface area contributed by atoms with E-state index in [4.69, 9.17) is 16.3 Å². The van der Waals surface area contributed by atoms with E-state index in [9.17, 15) is 4.79 Å². The predicted octanol–water partition coefficient (Wildman–Crippen LogP) is 3.18. The number of halogens is 1. The van der Waals surface area contributed by atoms with E-state index in [1.807, 2.05) is 24.3 Å². The molecule has 1 aliphatic heterocycles. The number of carbonyl (C=O) groups excluding carboxylic acids is 1. The summed E-state index contributed by atoms with van der Waals surface area (Å²) in [5, 5.41) is 0.677. The van der Waals surface area contributed by atoms with Gasteiger partial charge in [-0.05, 0) is 25.0 Å². The molecule has 0 N–H and O–H groups in total. The van der Waals surface area contributed by atoms with E-state index in [-0.39, 0.29) is 11.8 Å². The molecular weight excluding hydrogens is 238 g/mol. The molecule has 0 bridgehead atoms. The minimum atomic E-state index is -0.397. The average Bonchev–Trinajstić information content (AvgIpc) is 2.32. The Bertz CT molecular complexity index is 445. The molecule has 2 atom stereocenters. The van der Waals surface area contributed by atoms with E-state index in [0.29, 0.717) is 17.9 Å². The standard InChI is InChI=1S/C13H14ClNO2/c1-9-13(16)7-6-12(15-8-17-9)10-4-2-3-5-11(10)14/h2-5,8-9,12H,6-7H2,1H3/b15-8-. The molecule has 3 nitrogen and oxygen atoms in total. The molecule has 0 aliphatic carbocycles. The molecule has 1 aromatic rings. The third-order valence-electron chi connectivity index (χ3n) is 2.89. The van der Waals surface area contributed by atoms with Gasteiger partial charge in [0, 0.05) is 11.4 Å². The Morgan fingerprint density at radius 2 is 2.18 bits per heavy atom. The van der Waals surface area contributed by atoms with Gasteiger partial charge in [-0.3, -0.25) is 9.79 Å². The van der Waals surface area contributed by atoms with Crippen LogP contribution in [0.2, 0.25) is 5.02 Å². The quantitative estimate of drug-likeness (QED) is 0.769. The van der Waals surface area contributed by atoms with E-state index in [2.05, 4.69) is 4.99 Å². The lowest BCUT2D eigenvalue weighted by Crippen LogP contribution is -2.22. The van der Waals surface area contributed by atoms with Crippen LogP contribution in [0.1, 0.15) is 31.4 Å². The first kappa shape index (κ1) is 12.1. The van der Waals surface area contributed by atoms with Gasteiger partial charge in [-0.1, -0.05) is 29.8 Å². The number of hydrogen-bond acceptors (Lipinski definition) is 3. The van der Waals surface area contributed by atoms with Gasteiger partial charge in [0.25, 0.3) is 0 Å². The molecule has 1 heterocycles. The fourth-order valence-electron chi connectivity index (χ4n) is 1.81. The van der Waals surface area contributed by atoms with Gasteiger partial charge in [-0.25, -0.2) is 0 Å². The Morgan fingerprint density at radius 1 is 1.41 bits per heavy atom. The highest BCUT2D eigenvalue weighted by Crippen LogP contribution is 2.29. The summed E-state index contributed by atoms with van der Waals surface area (Å²) in [5.41, 5.74) is 0.941. The minimum Gasteiger partial charge on any atom is -0.473 e. The van der Waals surface area contributed by atoms with Crippen molar-refractivity contribution < 1.29 is 9.53 Å². The van der Waals surface area contributed by atoms with Gasteiger partial charge in [0.1, 0.15) is 0 Å². The van der Waals surface area contributed by atoms with Crippen molar-refractivity contribution in [3.8, 4) is 0 Å². The molecule has 0 radical (unpaired) electrons. The number of benzene rings is 1. The zero-order valence-corrected chi connectivity index (χ0v) is 10.4. The first-order chi connectivity index (χ1) is 8.18. The Balaban J connectivity index is 2.22. The summed E-state index contributed by atoms with van der Waals surface area (Å²) in [5.74, 6) is 0.105. The molecule has 0 aromatic heterocycles. The van der Waals surface area contributed by atoms with Crippen molar-refractivity contribution in [1.82, 2.24) is 0 Å². The zero-order valence-electron chi connectivity index (χ0n) is 9.60. The van der Waals surface area contributed by atoms with Gasteiger partial charge in [0.2, 0.25) is 0 Å². The Kier molecular flexibility index (Phi) is 3.79. The van der Waals surface area contributed by atoms with Crippen LogP contribution in [0.25, 0.3) is 0 Å². The number of carbonyl (C=O) groups is 1. The molecule has 0 amide bonds. The lowest BCUT2D eigenvalue weighted by molar-refractivity contribution is -0.125. The molecule has 1 aromatic carbocycles. The van der Waals surface area contributed by atoms with Crippen molar-refractivity contribution >= 4 is 23.8 Å². The van der Waals surface area contributed by atoms with Crippen LogP contribution in [0.15, 0.2) is 29.3 Å². The summed E-state index contributed by atoms with van der Waals surface area (Å²) in [6, 6.07) is 7.46. The topological polar surface area (TPSA) is 38.7 Å². The van der Waals surface area contributed by atoms with Gasteiger partial charge in [-0.2, -0.15) is 0 Å². The van der Waals surface area contributed by atoms with Crippen molar-refractivity contribution in [3.05, 3.63) is 34.9 Å². The number of Topliss-reactive ketones (excluding diaryl/α,β-unsaturated/α-hetero) is 1. The van der Waals surface area contributed by atoms with Crippen molar-refractivity contribution in [3.63, 3.8) is 0 Å². The van der Waals surface area contributed by atoms with Gasteiger partial charge in [0.15, 0.2) is 18.3 Å².